The molecule has 3 heteroatoms. The number of aliphatic hydroxyl groups is 1. The predicted octanol–water partition coefficient (Wildman–Crippen LogP) is 7.79. The summed E-state index contributed by atoms with van der Waals surface area (Å²) in [5.41, 5.74) is 6.51. The quantitative estimate of drug-likeness (QED) is 0.414. The Hall–Kier alpha value is -1.87. The van der Waals surface area contributed by atoms with Gasteiger partial charge in [0, 0.05) is 6.42 Å². The Morgan fingerprint density at radius 3 is 2.56 bits per heavy atom. The Labute approximate surface area is 218 Å². The third-order valence-corrected chi connectivity index (χ3v) is 11.2. The minimum atomic E-state index is -0.179. The van der Waals surface area contributed by atoms with E-state index < -0.39 is 0 Å². The summed E-state index contributed by atoms with van der Waals surface area (Å²) < 4.78 is 5.55. The van der Waals surface area contributed by atoms with Gasteiger partial charge in [0.25, 0.3) is 0 Å². The summed E-state index contributed by atoms with van der Waals surface area (Å²) in [5.74, 6) is 1.57. The van der Waals surface area contributed by atoms with Gasteiger partial charge in [-0.1, -0.05) is 76.6 Å². The van der Waals surface area contributed by atoms with Crippen LogP contribution < -0.4 is 0 Å². The van der Waals surface area contributed by atoms with Gasteiger partial charge in [-0.05, 0) is 102 Å². The molecule has 1 saturated carbocycles. The lowest BCUT2D eigenvalue weighted by Gasteiger charge is -2.59. The number of hydrogen-bond donors (Lipinski definition) is 1. The Morgan fingerprint density at radius 2 is 1.81 bits per heavy atom. The Kier molecular flexibility index (Phi) is 6.77. The minimum absolute atomic E-state index is 0.0114. The Morgan fingerprint density at radius 1 is 1.06 bits per heavy atom. The van der Waals surface area contributed by atoms with E-state index in [0.717, 1.165) is 31.2 Å². The molecule has 1 aromatic carbocycles. The maximum atomic E-state index is 12.5. The fourth-order valence-corrected chi connectivity index (χ4v) is 8.93. The van der Waals surface area contributed by atoms with Crippen molar-refractivity contribution in [3.8, 4) is 0 Å². The number of esters is 1. The lowest BCUT2D eigenvalue weighted by molar-refractivity contribution is -0.145. The molecule has 0 saturated heterocycles. The first-order valence-electron chi connectivity index (χ1n) is 14.4. The van der Waals surface area contributed by atoms with Gasteiger partial charge in [0.15, 0.2) is 0 Å². The SMILES string of the molecule is C[C@H](CCC(=O)OCc1ccccc1)[C@H]1CC=C2C3=C(CC[C@@]21C)[C@@]1(C)CC[C@H](O)C(C)(C)[C@@H]1CC3. The van der Waals surface area contributed by atoms with E-state index in [1.54, 1.807) is 16.7 Å². The van der Waals surface area contributed by atoms with Gasteiger partial charge in [0.2, 0.25) is 0 Å². The molecule has 0 spiro atoms. The number of aliphatic hydroxyl groups excluding tert-OH is 1. The summed E-state index contributed by atoms with van der Waals surface area (Å²) in [6.45, 7) is 12.3. The second-order valence-corrected chi connectivity index (χ2v) is 13.4. The van der Waals surface area contributed by atoms with Crippen molar-refractivity contribution in [1.29, 1.82) is 0 Å². The molecular weight excluding hydrogens is 444 g/mol. The van der Waals surface area contributed by atoms with Gasteiger partial charge >= 0.3 is 5.97 Å². The number of rotatable bonds is 6. The van der Waals surface area contributed by atoms with E-state index in [-0.39, 0.29) is 28.3 Å². The number of hydrogen-bond acceptors (Lipinski definition) is 3. The van der Waals surface area contributed by atoms with Crippen LogP contribution in [0.3, 0.4) is 0 Å². The molecule has 0 amide bonds. The average molecular weight is 491 g/mol. The molecule has 0 bridgehead atoms. The molecule has 1 aromatic rings. The van der Waals surface area contributed by atoms with Gasteiger partial charge < -0.3 is 9.84 Å². The zero-order chi connectivity index (χ0) is 25.7. The van der Waals surface area contributed by atoms with Crippen LogP contribution in [-0.2, 0) is 16.1 Å². The number of carbonyl (C=O) groups excluding carboxylic acids is 1. The van der Waals surface area contributed by atoms with E-state index in [1.165, 1.54) is 25.7 Å². The van der Waals surface area contributed by atoms with Crippen LogP contribution in [0.1, 0.15) is 98.0 Å². The number of carbonyl (C=O) groups is 1. The van der Waals surface area contributed by atoms with Crippen molar-refractivity contribution < 1.29 is 14.6 Å². The first-order chi connectivity index (χ1) is 17.1. The molecule has 5 rings (SSSR count). The summed E-state index contributed by atoms with van der Waals surface area (Å²) >= 11 is 0. The highest BCUT2D eigenvalue weighted by molar-refractivity contribution is 5.69. The van der Waals surface area contributed by atoms with Crippen LogP contribution in [0, 0.1) is 34.0 Å². The van der Waals surface area contributed by atoms with Gasteiger partial charge in [0.05, 0.1) is 6.10 Å². The molecule has 4 aliphatic rings. The van der Waals surface area contributed by atoms with E-state index in [9.17, 15) is 9.90 Å². The summed E-state index contributed by atoms with van der Waals surface area (Å²) in [5, 5.41) is 10.8. The fraction of sp³-hybridized carbons (Fsp3) is 0.667. The molecule has 0 heterocycles. The van der Waals surface area contributed by atoms with Crippen molar-refractivity contribution in [2.75, 3.05) is 0 Å². The highest BCUT2D eigenvalue weighted by Gasteiger charge is 2.57. The lowest BCUT2D eigenvalue weighted by Crippen LogP contribution is -2.53. The summed E-state index contributed by atoms with van der Waals surface area (Å²) in [7, 11) is 0. The van der Waals surface area contributed by atoms with Crippen molar-refractivity contribution in [1.82, 2.24) is 0 Å². The first-order valence-corrected chi connectivity index (χ1v) is 14.4. The molecule has 1 N–H and O–H groups in total. The van der Waals surface area contributed by atoms with Crippen LogP contribution >= 0.6 is 0 Å². The topological polar surface area (TPSA) is 46.5 Å². The standard InChI is InChI=1S/C33H46O3/c1-22(11-16-30(35)36-21-23-9-7-6-8-10-23)25-13-14-26-24-12-15-28-31(2,3)29(34)18-20-33(28,5)27(24)17-19-32(25,26)4/h6-10,14,22,25,28-29,34H,11-13,15-21H2,1-5H3/t22-,25-,28+,29+,32-,33-/m1/s1. The number of benzene rings is 1. The third kappa shape index (κ3) is 4.20. The molecule has 196 valence electrons. The molecule has 3 nitrogen and oxygen atoms in total. The minimum Gasteiger partial charge on any atom is -0.461 e. The molecular formula is C33H46O3. The van der Waals surface area contributed by atoms with E-state index in [1.807, 2.05) is 30.3 Å². The Balaban J connectivity index is 1.25. The number of allylic oxidation sites excluding steroid dienone is 4. The van der Waals surface area contributed by atoms with Crippen molar-refractivity contribution in [2.45, 2.75) is 105 Å². The normalized spacial score (nSPS) is 35.8. The highest BCUT2D eigenvalue weighted by atomic mass is 16.5. The first kappa shape index (κ1) is 25.8. The summed E-state index contributed by atoms with van der Waals surface area (Å²) in [6.07, 6.45) is 11.7. The maximum absolute atomic E-state index is 12.5. The zero-order valence-corrected chi connectivity index (χ0v) is 23.1. The second kappa shape index (κ2) is 9.46. The maximum Gasteiger partial charge on any atom is 0.306 e. The van der Waals surface area contributed by atoms with Crippen LogP contribution in [0.25, 0.3) is 0 Å². The smallest absolute Gasteiger partial charge is 0.306 e. The van der Waals surface area contributed by atoms with Gasteiger partial charge in [-0.25, -0.2) is 0 Å². The highest BCUT2D eigenvalue weighted by Crippen LogP contribution is 2.66. The molecule has 6 atom stereocenters. The molecule has 4 aliphatic carbocycles. The summed E-state index contributed by atoms with van der Waals surface area (Å²) in [6, 6.07) is 9.94. The molecule has 0 aliphatic heterocycles. The van der Waals surface area contributed by atoms with Gasteiger partial charge in [-0.2, -0.15) is 0 Å². The van der Waals surface area contributed by atoms with Crippen LogP contribution in [0.4, 0.5) is 0 Å². The second-order valence-electron chi connectivity index (χ2n) is 13.4. The average Bonchev–Trinajstić information content (AvgIpc) is 3.22. The van der Waals surface area contributed by atoms with Gasteiger partial charge in [0.1, 0.15) is 6.61 Å². The van der Waals surface area contributed by atoms with Crippen molar-refractivity contribution >= 4 is 5.97 Å². The van der Waals surface area contributed by atoms with Crippen LogP contribution in [0.2, 0.25) is 0 Å². The van der Waals surface area contributed by atoms with Crippen molar-refractivity contribution in [3.05, 3.63) is 58.7 Å². The van der Waals surface area contributed by atoms with E-state index in [2.05, 4.69) is 40.7 Å². The monoisotopic (exact) mass is 490 g/mol. The van der Waals surface area contributed by atoms with Crippen LogP contribution in [0.5, 0.6) is 0 Å². The van der Waals surface area contributed by atoms with Crippen molar-refractivity contribution in [3.63, 3.8) is 0 Å². The molecule has 0 radical (unpaired) electrons. The zero-order valence-electron chi connectivity index (χ0n) is 23.1. The summed E-state index contributed by atoms with van der Waals surface area (Å²) in [4.78, 5) is 12.5. The van der Waals surface area contributed by atoms with E-state index in [0.29, 0.717) is 30.8 Å². The van der Waals surface area contributed by atoms with E-state index in [4.69, 9.17) is 4.74 Å². The molecule has 36 heavy (non-hydrogen) atoms. The van der Waals surface area contributed by atoms with E-state index >= 15 is 0 Å². The van der Waals surface area contributed by atoms with Crippen LogP contribution in [-0.4, -0.2) is 17.2 Å². The largest absolute Gasteiger partial charge is 0.461 e. The fourth-order valence-electron chi connectivity index (χ4n) is 8.93. The Bertz CT molecular complexity index is 1050. The number of ether oxygens (including phenoxy) is 1. The third-order valence-electron chi connectivity index (χ3n) is 11.2. The molecule has 1 fully saturated rings. The van der Waals surface area contributed by atoms with Gasteiger partial charge in [-0.15, -0.1) is 0 Å². The lowest BCUT2D eigenvalue weighted by atomic mass is 9.46. The van der Waals surface area contributed by atoms with Crippen LogP contribution in [0.15, 0.2) is 53.1 Å². The predicted molar refractivity (Wildman–Crippen MR) is 145 cm³/mol. The van der Waals surface area contributed by atoms with Gasteiger partial charge in [-0.3, -0.25) is 4.79 Å². The molecule has 0 aromatic heterocycles. The molecule has 0 unspecified atom stereocenters. The van der Waals surface area contributed by atoms with Crippen molar-refractivity contribution in [2.24, 2.45) is 34.0 Å². The number of fused-ring (bicyclic) bond motifs is 4.